The van der Waals surface area contributed by atoms with Gasteiger partial charge in [-0.3, -0.25) is 9.48 Å². The molecule has 24 heavy (non-hydrogen) atoms. The Morgan fingerprint density at radius 1 is 1.29 bits per heavy atom. The van der Waals surface area contributed by atoms with Crippen LogP contribution < -0.4 is 15.0 Å². The Morgan fingerprint density at radius 3 is 2.62 bits per heavy atom. The monoisotopic (exact) mass is 346 g/mol. The predicted octanol–water partition coefficient (Wildman–Crippen LogP) is 2.41. The van der Waals surface area contributed by atoms with Crippen molar-refractivity contribution >= 4 is 33.6 Å². The van der Waals surface area contributed by atoms with Crippen LogP contribution in [0.2, 0.25) is 0 Å². The van der Waals surface area contributed by atoms with Gasteiger partial charge >= 0.3 is 0 Å². The highest BCUT2D eigenvalue weighted by atomic mass is 35.5. The number of hydrogen-bond donors (Lipinski definition) is 1. The number of rotatable bonds is 4. The van der Waals surface area contributed by atoms with Crippen LogP contribution in [-0.2, 0) is 7.05 Å². The van der Waals surface area contributed by atoms with Gasteiger partial charge in [-0.05, 0) is 12.1 Å². The van der Waals surface area contributed by atoms with E-state index in [0.717, 1.165) is 5.56 Å². The molecule has 0 saturated heterocycles. The zero-order valence-electron chi connectivity index (χ0n) is 13.3. The van der Waals surface area contributed by atoms with Gasteiger partial charge in [0.25, 0.3) is 5.56 Å². The zero-order valence-corrected chi connectivity index (χ0v) is 14.1. The lowest BCUT2D eigenvalue weighted by Crippen LogP contribution is -2.11. The summed E-state index contributed by atoms with van der Waals surface area (Å²) in [7, 11) is 4.83. The highest BCUT2D eigenvalue weighted by Gasteiger charge is 2.12. The molecular formula is C16H15ClN4O3. The molecule has 0 aliphatic rings. The molecule has 0 spiro atoms. The second kappa shape index (κ2) is 6.37. The molecule has 0 bridgehead atoms. The van der Waals surface area contributed by atoms with Crippen LogP contribution in [0, 0.1) is 0 Å². The van der Waals surface area contributed by atoms with E-state index in [4.69, 9.17) is 21.1 Å². The fourth-order valence-electron chi connectivity index (χ4n) is 2.31. The van der Waals surface area contributed by atoms with Crippen LogP contribution in [0.3, 0.4) is 0 Å². The Balaban J connectivity index is 2.13. The minimum atomic E-state index is -0.311. The molecule has 1 aromatic carbocycles. The van der Waals surface area contributed by atoms with E-state index in [2.05, 4.69) is 15.1 Å². The molecule has 0 atom stereocenters. The summed E-state index contributed by atoms with van der Waals surface area (Å²) in [6.45, 7) is 0. The summed E-state index contributed by atoms with van der Waals surface area (Å²) in [5.74, 6) is 1.22. The molecule has 2 aromatic heterocycles. The first-order valence-electron chi connectivity index (χ1n) is 7.04. The van der Waals surface area contributed by atoms with E-state index in [-0.39, 0.29) is 11.4 Å². The first kappa shape index (κ1) is 16.1. The second-order valence-electron chi connectivity index (χ2n) is 5.08. The van der Waals surface area contributed by atoms with Gasteiger partial charge in [0.2, 0.25) is 0 Å². The standard InChI is InChI=1S/C16H15ClN4O3/c1-21-8-9(7-18-21)4-11(17)15-19-12-6-14(24-3)13(23-2)5-10(12)16(22)20-15/h4-8H,1-3H3,(H,19,20,22)/b11-4+. The minimum absolute atomic E-state index is 0.269. The summed E-state index contributed by atoms with van der Waals surface area (Å²) in [6.07, 6.45) is 5.14. The van der Waals surface area contributed by atoms with E-state index < -0.39 is 0 Å². The summed E-state index contributed by atoms with van der Waals surface area (Å²) in [5.41, 5.74) is 0.954. The highest BCUT2D eigenvalue weighted by Crippen LogP contribution is 2.30. The minimum Gasteiger partial charge on any atom is -0.493 e. The molecule has 2 heterocycles. The van der Waals surface area contributed by atoms with Crippen molar-refractivity contribution in [2.75, 3.05) is 14.2 Å². The third-order valence-corrected chi connectivity index (χ3v) is 3.74. The van der Waals surface area contributed by atoms with E-state index in [9.17, 15) is 4.79 Å². The molecule has 0 saturated carbocycles. The van der Waals surface area contributed by atoms with Gasteiger partial charge < -0.3 is 14.5 Å². The molecule has 0 fully saturated rings. The first-order chi connectivity index (χ1) is 11.5. The number of aromatic nitrogens is 4. The van der Waals surface area contributed by atoms with Gasteiger partial charge in [0, 0.05) is 24.9 Å². The SMILES string of the molecule is COc1cc2nc(/C(Cl)=C\c3cnn(C)c3)[nH]c(=O)c2cc1OC. The quantitative estimate of drug-likeness (QED) is 0.784. The number of nitrogens with one attached hydrogen (secondary N) is 1. The molecule has 7 nitrogen and oxygen atoms in total. The van der Waals surface area contributed by atoms with Crippen LogP contribution in [0.1, 0.15) is 11.4 Å². The highest BCUT2D eigenvalue weighted by molar-refractivity contribution is 6.50. The summed E-state index contributed by atoms with van der Waals surface area (Å²) >= 11 is 6.29. The largest absolute Gasteiger partial charge is 0.493 e. The van der Waals surface area contributed by atoms with Crippen molar-refractivity contribution in [3.05, 3.63) is 46.3 Å². The van der Waals surface area contributed by atoms with Crippen molar-refractivity contribution in [1.82, 2.24) is 19.7 Å². The van der Waals surface area contributed by atoms with Gasteiger partial charge in [-0.2, -0.15) is 5.10 Å². The smallest absolute Gasteiger partial charge is 0.259 e. The van der Waals surface area contributed by atoms with Crippen molar-refractivity contribution < 1.29 is 9.47 Å². The van der Waals surface area contributed by atoms with E-state index in [0.29, 0.717) is 27.4 Å². The number of nitrogens with zero attached hydrogens (tertiary/aromatic N) is 3. The molecule has 8 heteroatoms. The predicted molar refractivity (Wildman–Crippen MR) is 92.4 cm³/mol. The molecule has 124 valence electrons. The van der Waals surface area contributed by atoms with Crippen LogP contribution in [0.15, 0.2) is 29.3 Å². The van der Waals surface area contributed by atoms with Gasteiger partial charge in [-0.15, -0.1) is 0 Å². The molecular weight excluding hydrogens is 332 g/mol. The molecule has 0 amide bonds. The number of aromatic amines is 1. The molecule has 0 unspecified atom stereocenters. The lowest BCUT2D eigenvalue weighted by Gasteiger charge is -2.09. The summed E-state index contributed by atoms with van der Waals surface area (Å²) in [5, 5.41) is 4.76. The lowest BCUT2D eigenvalue weighted by atomic mass is 10.2. The van der Waals surface area contributed by atoms with E-state index >= 15 is 0 Å². The summed E-state index contributed by atoms with van der Waals surface area (Å²) < 4.78 is 12.1. The normalized spacial score (nSPS) is 11.8. The fraction of sp³-hybridized carbons (Fsp3) is 0.188. The third-order valence-electron chi connectivity index (χ3n) is 3.46. The van der Waals surface area contributed by atoms with Crippen molar-refractivity contribution in [2.24, 2.45) is 7.05 Å². The maximum absolute atomic E-state index is 12.3. The van der Waals surface area contributed by atoms with Gasteiger partial charge in [-0.1, -0.05) is 11.6 Å². The van der Waals surface area contributed by atoms with Crippen LogP contribution >= 0.6 is 11.6 Å². The van der Waals surface area contributed by atoms with Crippen LogP contribution in [-0.4, -0.2) is 34.0 Å². The van der Waals surface area contributed by atoms with Gasteiger partial charge in [0.1, 0.15) is 0 Å². The van der Waals surface area contributed by atoms with Crippen molar-refractivity contribution in [1.29, 1.82) is 0 Å². The number of hydrogen-bond acceptors (Lipinski definition) is 5. The number of methoxy groups -OCH3 is 2. The molecule has 1 N–H and O–H groups in total. The summed E-state index contributed by atoms with van der Waals surface area (Å²) in [4.78, 5) is 19.4. The molecule has 0 aliphatic heterocycles. The van der Waals surface area contributed by atoms with Crippen LogP contribution in [0.4, 0.5) is 0 Å². The van der Waals surface area contributed by atoms with Crippen molar-refractivity contribution in [3.63, 3.8) is 0 Å². The number of H-pyrrole nitrogens is 1. The first-order valence-corrected chi connectivity index (χ1v) is 7.42. The Bertz CT molecular complexity index is 991. The zero-order chi connectivity index (χ0) is 17.3. The molecule has 0 aliphatic carbocycles. The van der Waals surface area contributed by atoms with Gasteiger partial charge in [0.05, 0.1) is 36.4 Å². The second-order valence-corrected chi connectivity index (χ2v) is 5.49. The number of fused-ring (bicyclic) bond motifs is 1. The number of benzene rings is 1. The maximum Gasteiger partial charge on any atom is 0.259 e. The van der Waals surface area contributed by atoms with Crippen LogP contribution in [0.5, 0.6) is 11.5 Å². The summed E-state index contributed by atoms with van der Waals surface area (Å²) in [6, 6.07) is 3.23. The maximum atomic E-state index is 12.3. The average molecular weight is 347 g/mol. The fourth-order valence-corrected chi connectivity index (χ4v) is 2.52. The molecule has 0 radical (unpaired) electrons. The van der Waals surface area contributed by atoms with Gasteiger partial charge in [-0.25, -0.2) is 4.98 Å². The molecule has 3 aromatic rings. The Labute approximate surface area is 142 Å². The van der Waals surface area contributed by atoms with Crippen LogP contribution in [0.25, 0.3) is 22.0 Å². The molecule has 3 rings (SSSR count). The Hall–Kier alpha value is -2.80. The van der Waals surface area contributed by atoms with Crippen molar-refractivity contribution in [3.8, 4) is 11.5 Å². The van der Waals surface area contributed by atoms with E-state index in [1.54, 1.807) is 42.3 Å². The van der Waals surface area contributed by atoms with E-state index in [1.807, 2.05) is 0 Å². The lowest BCUT2D eigenvalue weighted by molar-refractivity contribution is 0.355. The topological polar surface area (TPSA) is 82.0 Å². The average Bonchev–Trinajstić information content (AvgIpc) is 2.98. The van der Waals surface area contributed by atoms with Gasteiger partial charge in [0.15, 0.2) is 17.3 Å². The van der Waals surface area contributed by atoms with E-state index in [1.165, 1.54) is 14.2 Å². The number of aryl methyl sites for hydroxylation is 1. The number of halogens is 1. The Morgan fingerprint density at radius 2 is 2.00 bits per heavy atom. The third kappa shape index (κ3) is 2.98. The number of ether oxygens (including phenoxy) is 2. The Kier molecular flexibility index (Phi) is 4.26. The van der Waals surface area contributed by atoms with Crippen molar-refractivity contribution in [2.45, 2.75) is 0 Å².